The van der Waals surface area contributed by atoms with E-state index in [0.29, 0.717) is 16.0 Å². The van der Waals surface area contributed by atoms with E-state index >= 15 is 0 Å². The topological polar surface area (TPSA) is 38.7 Å². The Labute approximate surface area is 79.1 Å². The largest absolute Gasteiger partial charge is 0.508 e. The molecule has 0 aliphatic carbocycles. The van der Waals surface area contributed by atoms with Crippen LogP contribution in [0.5, 0.6) is 17.2 Å². The third kappa shape index (κ3) is 1.64. The predicted molar refractivity (Wildman–Crippen MR) is 48.9 cm³/mol. The SMILES string of the molecule is COc1cc(O)cc(OC)c1Br. The number of hydrogen-bond acceptors (Lipinski definition) is 3. The lowest BCUT2D eigenvalue weighted by molar-refractivity contribution is 0.380. The fraction of sp³-hybridized carbons (Fsp3) is 0.250. The molecule has 1 N–H and O–H groups in total. The standard InChI is InChI=1S/C8H9BrO3/c1-11-6-3-5(10)4-7(12-2)8(6)9/h3-4,10H,1-2H3. The molecule has 66 valence electrons. The number of methoxy groups -OCH3 is 2. The Morgan fingerprint density at radius 1 is 1.17 bits per heavy atom. The lowest BCUT2D eigenvalue weighted by Crippen LogP contribution is -1.89. The molecule has 0 bridgehead atoms. The van der Waals surface area contributed by atoms with Crippen LogP contribution in [-0.4, -0.2) is 19.3 Å². The Kier molecular flexibility index (Phi) is 2.81. The second-order valence-electron chi connectivity index (χ2n) is 2.16. The van der Waals surface area contributed by atoms with Crippen molar-refractivity contribution in [2.75, 3.05) is 14.2 Å². The number of hydrogen-bond donors (Lipinski definition) is 1. The molecule has 0 amide bonds. The summed E-state index contributed by atoms with van der Waals surface area (Å²) in [5.41, 5.74) is 0. The number of phenolic OH excluding ortho intramolecular Hbond substituents is 1. The van der Waals surface area contributed by atoms with E-state index in [1.54, 1.807) is 0 Å². The van der Waals surface area contributed by atoms with Crippen LogP contribution in [0.15, 0.2) is 16.6 Å². The number of phenols is 1. The van der Waals surface area contributed by atoms with Crippen molar-refractivity contribution in [2.45, 2.75) is 0 Å². The molecule has 4 heteroatoms. The van der Waals surface area contributed by atoms with Crippen LogP contribution in [0.4, 0.5) is 0 Å². The van der Waals surface area contributed by atoms with Crippen molar-refractivity contribution in [3.8, 4) is 17.2 Å². The van der Waals surface area contributed by atoms with Crippen molar-refractivity contribution >= 4 is 15.9 Å². The van der Waals surface area contributed by atoms with Gasteiger partial charge in [-0.05, 0) is 15.9 Å². The number of benzene rings is 1. The molecule has 12 heavy (non-hydrogen) atoms. The molecule has 3 nitrogen and oxygen atoms in total. The molecule has 1 aromatic rings. The van der Waals surface area contributed by atoms with Crippen LogP contribution in [0.1, 0.15) is 0 Å². The quantitative estimate of drug-likeness (QED) is 0.850. The summed E-state index contributed by atoms with van der Waals surface area (Å²) in [5, 5.41) is 9.20. The maximum absolute atomic E-state index is 9.20. The average molecular weight is 233 g/mol. The minimum Gasteiger partial charge on any atom is -0.508 e. The van der Waals surface area contributed by atoms with E-state index in [1.165, 1.54) is 26.4 Å². The molecule has 0 aliphatic heterocycles. The van der Waals surface area contributed by atoms with Crippen molar-refractivity contribution in [3.05, 3.63) is 16.6 Å². The molecule has 1 rings (SSSR count). The predicted octanol–water partition coefficient (Wildman–Crippen LogP) is 2.17. The fourth-order valence-corrected chi connectivity index (χ4v) is 1.41. The highest BCUT2D eigenvalue weighted by molar-refractivity contribution is 9.10. The Morgan fingerprint density at radius 3 is 1.92 bits per heavy atom. The summed E-state index contributed by atoms with van der Waals surface area (Å²) in [6.07, 6.45) is 0. The van der Waals surface area contributed by atoms with Gasteiger partial charge in [0.05, 0.1) is 14.2 Å². The molecule has 0 fully saturated rings. The molecule has 0 spiro atoms. The van der Waals surface area contributed by atoms with Gasteiger partial charge in [-0.2, -0.15) is 0 Å². The fourth-order valence-electron chi connectivity index (χ4n) is 0.856. The summed E-state index contributed by atoms with van der Waals surface area (Å²) in [6.45, 7) is 0. The second-order valence-corrected chi connectivity index (χ2v) is 2.96. The number of halogens is 1. The maximum atomic E-state index is 9.20. The molecule has 0 unspecified atom stereocenters. The number of ether oxygens (including phenoxy) is 2. The first-order chi connectivity index (χ1) is 5.69. The van der Waals surface area contributed by atoms with Crippen LogP contribution in [0.25, 0.3) is 0 Å². The normalized spacial score (nSPS) is 9.58. The van der Waals surface area contributed by atoms with Gasteiger partial charge < -0.3 is 14.6 Å². The zero-order valence-corrected chi connectivity index (χ0v) is 8.38. The Hall–Kier alpha value is -0.900. The second kappa shape index (κ2) is 3.67. The van der Waals surface area contributed by atoms with Gasteiger partial charge in [-0.25, -0.2) is 0 Å². The number of aromatic hydroxyl groups is 1. The van der Waals surface area contributed by atoms with Gasteiger partial charge >= 0.3 is 0 Å². The zero-order chi connectivity index (χ0) is 9.14. The zero-order valence-electron chi connectivity index (χ0n) is 6.80. The molecule has 0 radical (unpaired) electrons. The first kappa shape index (κ1) is 9.19. The molecule has 0 aromatic heterocycles. The van der Waals surface area contributed by atoms with E-state index in [-0.39, 0.29) is 5.75 Å². The molecule has 0 atom stereocenters. The maximum Gasteiger partial charge on any atom is 0.140 e. The summed E-state index contributed by atoms with van der Waals surface area (Å²) in [6, 6.07) is 3.01. The van der Waals surface area contributed by atoms with Crippen LogP contribution in [0, 0.1) is 0 Å². The van der Waals surface area contributed by atoms with E-state index in [1.807, 2.05) is 0 Å². The van der Waals surface area contributed by atoms with Gasteiger partial charge in [-0.15, -0.1) is 0 Å². The highest BCUT2D eigenvalue weighted by Crippen LogP contribution is 2.37. The van der Waals surface area contributed by atoms with Crippen LogP contribution >= 0.6 is 15.9 Å². The van der Waals surface area contributed by atoms with E-state index in [4.69, 9.17) is 9.47 Å². The summed E-state index contributed by atoms with van der Waals surface area (Å²) in [4.78, 5) is 0. The van der Waals surface area contributed by atoms with Crippen LogP contribution < -0.4 is 9.47 Å². The van der Waals surface area contributed by atoms with E-state index < -0.39 is 0 Å². The lowest BCUT2D eigenvalue weighted by atomic mass is 10.3. The van der Waals surface area contributed by atoms with Gasteiger partial charge in [-0.3, -0.25) is 0 Å². The highest BCUT2D eigenvalue weighted by Gasteiger charge is 2.08. The Morgan fingerprint density at radius 2 is 1.58 bits per heavy atom. The molecular weight excluding hydrogens is 224 g/mol. The number of rotatable bonds is 2. The van der Waals surface area contributed by atoms with Crippen LogP contribution in [0.2, 0.25) is 0 Å². The van der Waals surface area contributed by atoms with Crippen molar-refractivity contribution in [3.63, 3.8) is 0 Å². The minimum atomic E-state index is 0.118. The molecule has 0 saturated carbocycles. The lowest BCUT2D eigenvalue weighted by Gasteiger charge is -2.08. The summed E-state index contributed by atoms with van der Waals surface area (Å²) in [5.74, 6) is 1.21. The third-order valence-electron chi connectivity index (χ3n) is 1.43. The smallest absolute Gasteiger partial charge is 0.140 e. The van der Waals surface area contributed by atoms with Crippen molar-refractivity contribution < 1.29 is 14.6 Å². The van der Waals surface area contributed by atoms with Gasteiger partial charge in [0.1, 0.15) is 21.7 Å². The van der Waals surface area contributed by atoms with Gasteiger partial charge in [0.2, 0.25) is 0 Å². The summed E-state index contributed by atoms with van der Waals surface area (Å²) >= 11 is 3.27. The molecule has 0 heterocycles. The first-order valence-electron chi connectivity index (χ1n) is 3.29. The molecular formula is C8H9BrO3. The minimum absolute atomic E-state index is 0.118. The van der Waals surface area contributed by atoms with Crippen molar-refractivity contribution in [1.82, 2.24) is 0 Å². The summed E-state index contributed by atoms with van der Waals surface area (Å²) < 4.78 is 10.7. The van der Waals surface area contributed by atoms with Gasteiger partial charge in [0.15, 0.2) is 0 Å². The van der Waals surface area contributed by atoms with Gasteiger partial charge in [0.25, 0.3) is 0 Å². The highest BCUT2D eigenvalue weighted by atomic mass is 79.9. The average Bonchev–Trinajstić information content (AvgIpc) is 2.08. The first-order valence-corrected chi connectivity index (χ1v) is 4.09. The third-order valence-corrected chi connectivity index (χ3v) is 2.21. The molecule has 0 aliphatic rings. The monoisotopic (exact) mass is 232 g/mol. The Balaban J connectivity index is 3.22. The van der Waals surface area contributed by atoms with Crippen molar-refractivity contribution in [2.24, 2.45) is 0 Å². The molecule has 0 saturated heterocycles. The van der Waals surface area contributed by atoms with Gasteiger partial charge in [0, 0.05) is 12.1 Å². The van der Waals surface area contributed by atoms with Crippen LogP contribution in [0.3, 0.4) is 0 Å². The summed E-state index contributed by atoms with van der Waals surface area (Å²) in [7, 11) is 3.05. The van der Waals surface area contributed by atoms with Crippen molar-refractivity contribution in [1.29, 1.82) is 0 Å². The van der Waals surface area contributed by atoms with E-state index in [9.17, 15) is 5.11 Å². The van der Waals surface area contributed by atoms with Gasteiger partial charge in [-0.1, -0.05) is 0 Å². The van der Waals surface area contributed by atoms with Crippen LogP contribution in [-0.2, 0) is 0 Å². The Bertz CT molecular complexity index is 261. The molecule has 1 aromatic carbocycles. The van der Waals surface area contributed by atoms with E-state index in [2.05, 4.69) is 15.9 Å². The van der Waals surface area contributed by atoms with E-state index in [0.717, 1.165) is 0 Å².